The second-order valence-corrected chi connectivity index (χ2v) is 5.76. The summed E-state index contributed by atoms with van der Waals surface area (Å²) >= 11 is 0. The van der Waals surface area contributed by atoms with Crippen molar-refractivity contribution in [1.82, 2.24) is 10.8 Å². The number of benzene rings is 1. The lowest BCUT2D eigenvalue weighted by Crippen LogP contribution is -2.54. The minimum Gasteiger partial charge on any atom is -0.339 e. The van der Waals surface area contributed by atoms with Gasteiger partial charge in [-0.15, -0.1) is 0 Å². The zero-order valence-electron chi connectivity index (χ0n) is 13.0. The highest BCUT2D eigenvalue weighted by Gasteiger charge is 2.24. The van der Waals surface area contributed by atoms with Gasteiger partial charge in [-0.1, -0.05) is 18.3 Å². The highest BCUT2D eigenvalue weighted by molar-refractivity contribution is 5.97. The number of hydrogen-bond acceptors (Lipinski definition) is 4. The average molecular weight is 315 g/mol. The van der Waals surface area contributed by atoms with E-state index in [9.17, 15) is 9.59 Å². The maximum Gasteiger partial charge on any atom is 0.267 e. The third-order valence-electron chi connectivity index (χ3n) is 3.88. The molecule has 2 amide bonds. The van der Waals surface area contributed by atoms with Crippen molar-refractivity contribution in [3.05, 3.63) is 35.4 Å². The molecule has 6 heteroatoms. The number of amides is 2. The number of hydroxylamine groups is 1. The van der Waals surface area contributed by atoms with Crippen LogP contribution in [0.5, 0.6) is 0 Å². The Morgan fingerprint density at radius 3 is 2.43 bits per heavy atom. The Morgan fingerprint density at radius 2 is 1.96 bits per heavy atom. The van der Waals surface area contributed by atoms with Crippen molar-refractivity contribution >= 4 is 11.8 Å². The van der Waals surface area contributed by atoms with Gasteiger partial charge in [0.25, 0.3) is 11.8 Å². The van der Waals surface area contributed by atoms with Gasteiger partial charge in [0.05, 0.1) is 0 Å². The van der Waals surface area contributed by atoms with E-state index in [2.05, 4.69) is 17.2 Å². The fourth-order valence-electron chi connectivity index (χ4n) is 2.17. The molecule has 0 aromatic heterocycles. The van der Waals surface area contributed by atoms with E-state index in [4.69, 9.17) is 10.9 Å². The lowest BCUT2D eigenvalue weighted by atomic mass is 9.86. The highest BCUT2D eigenvalue weighted by Crippen LogP contribution is 2.25. The van der Waals surface area contributed by atoms with E-state index < -0.39 is 23.9 Å². The van der Waals surface area contributed by atoms with Crippen LogP contribution in [0, 0.1) is 17.8 Å². The van der Waals surface area contributed by atoms with Crippen LogP contribution >= 0.6 is 0 Å². The molecule has 6 nitrogen and oxygen atoms in total. The molecule has 1 aromatic rings. The Kier molecular flexibility index (Phi) is 5.74. The quantitative estimate of drug-likeness (QED) is 0.374. The van der Waals surface area contributed by atoms with E-state index in [1.165, 1.54) is 24.7 Å². The topological polar surface area (TPSA) is 104 Å². The van der Waals surface area contributed by atoms with Gasteiger partial charge in [-0.3, -0.25) is 14.8 Å². The third kappa shape index (κ3) is 4.55. The first-order valence-electron chi connectivity index (χ1n) is 7.63. The van der Waals surface area contributed by atoms with Gasteiger partial charge in [0.1, 0.15) is 6.04 Å². The summed E-state index contributed by atoms with van der Waals surface area (Å²) in [6.45, 7) is 1.57. The van der Waals surface area contributed by atoms with Crippen LogP contribution in [0.3, 0.4) is 0 Å². The molecule has 1 saturated carbocycles. The molecule has 0 bridgehead atoms. The summed E-state index contributed by atoms with van der Waals surface area (Å²) in [5, 5.41) is 11.2. The highest BCUT2D eigenvalue weighted by atomic mass is 16.5. The van der Waals surface area contributed by atoms with Gasteiger partial charge in [-0.2, -0.15) is 0 Å². The molecule has 2 atom stereocenters. The molecule has 23 heavy (non-hydrogen) atoms. The Hall–Kier alpha value is -2.36. The molecule has 0 radical (unpaired) electrons. The molecule has 5 N–H and O–H groups in total. The van der Waals surface area contributed by atoms with Gasteiger partial charge >= 0.3 is 0 Å². The smallest absolute Gasteiger partial charge is 0.267 e. The lowest BCUT2D eigenvalue weighted by molar-refractivity contribution is -0.131. The van der Waals surface area contributed by atoms with Crippen LogP contribution in [0.25, 0.3) is 0 Å². The maximum absolute atomic E-state index is 12.1. The van der Waals surface area contributed by atoms with Gasteiger partial charge in [-0.25, -0.2) is 5.48 Å². The van der Waals surface area contributed by atoms with Crippen LogP contribution in [0.2, 0.25) is 0 Å². The van der Waals surface area contributed by atoms with E-state index in [1.54, 1.807) is 31.2 Å². The second-order valence-electron chi connectivity index (χ2n) is 5.76. The molecule has 1 aromatic carbocycles. The Morgan fingerprint density at radius 1 is 1.30 bits per heavy atom. The Labute approximate surface area is 135 Å². The van der Waals surface area contributed by atoms with Crippen molar-refractivity contribution in [1.29, 1.82) is 0 Å². The van der Waals surface area contributed by atoms with E-state index in [0.717, 1.165) is 5.56 Å². The van der Waals surface area contributed by atoms with Crippen LogP contribution in [-0.4, -0.2) is 29.1 Å². The summed E-state index contributed by atoms with van der Waals surface area (Å²) in [7, 11) is 0. The summed E-state index contributed by atoms with van der Waals surface area (Å²) in [5.41, 5.74) is 8.39. The molecular weight excluding hydrogens is 294 g/mol. The number of carbonyl (C=O) groups is 2. The summed E-state index contributed by atoms with van der Waals surface area (Å²) in [4.78, 5) is 23.6. The lowest BCUT2D eigenvalue weighted by Gasteiger charge is -2.20. The molecule has 0 saturated heterocycles. The summed E-state index contributed by atoms with van der Waals surface area (Å²) < 4.78 is 0. The Bertz CT molecular complexity index is 625. The van der Waals surface area contributed by atoms with Gasteiger partial charge in [-0.05, 0) is 44.0 Å². The second kappa shape index (κ2) is 7.77. The van der Waals surface area contributed by atoms with Gasteiger partial charge < -0.3 is 11.1 Å². The first kappa shape index (κ1) is 17.0. The van der Waals surface area contributed by atoms with Crippen molar-refractivity contribution < 1.29 is 14.8 Å². The molecule has 1 aliphatic carbocycles. The summed E-state index contributed by atoms with van der Waals surface area (Å²) in [6, 6.07) is 5.19. The van der Waals surface area contributed by atoms with Crippen LogP contribution in [0.4, 0.5) is 0 Å². The van der Waals surface area contributed by atoms with E-state index >= 15 is 0 Å². The van der Waals surface area contributed by atoms with Gasteiger partial charge in [0.2, 0.25) is 0 Å². The maximum atomic E-state index is 12.1. The molecular formula is C17H21N3O3. The van der Waals surface area contributed by atoms with Crippen molar-refractivity contribution in [3.63, 3.8) is 0 Å². The van der Waals surface area contributed by atoms with Crippen molar-refractivity contribution in [2.45, 2.75) is 38.3 Å². The molecule has 122 valence electrons. The first-order valence-corrected chi connectivity index (χ1v) is 7.63. The minimum atomic E-state index is -1.01. The van der Waals surface area contributed by atoms with Crippen molar-refractivity contribution in [2.24, 2.45) is 11.7 Å². The van der Waals surface area contributed by atoms with Crippen LogP contribution in [0.1, 0.15) is 42.1 Å². The normalized spacial score (nSPS) is 16.3. The number of rotatable bonds is 4. The van der Waals surface area contributed by atoms with Crippen LogP contribution in [-0.2, 0) is 4.79 Å². The van der Waals surface area contributed by atoms with E-state index in [0.29, 0.717) is 11.5 Å². The minimum absolute atomic E-state index is 0.399. The predicted octanol–water partition coefficient (Wildman–Crippen LogP) is 0.789. The number of carbonyl (C=O) groups excluding carboxylic acids is 2. The zero-order valence-corrected chi connectivity index (χ0v) is 13.0. The zero-order chi connectivity index (χ0) is 16.8. The average Bonchev–Trinajstić information content (AvgIpc) is 2.50. The van der Waals surface area contributed by atoms with Crippen LogP contribution in [0.15, 0.2) is 24.3 Å². The number of hydrogen-bond donors (Lipinski definition) is 4. The predicted molar refractivity (Wildman–Crippen MR) is 85.5 cm³/mol. The fraction of sp³-hybridized carbons (Fsp3) is 0.412. The largest absolute Gasteiger partial charge is 0.339 e. The molecule has 0 unspecified atom stereocenters. The summed E-state index contributed by atoms with van der Waals surface area (Å²) in [5.74, 6) is 5.62. The molecule has 0 spiro atoms. The first-order chi connectivity index (χ1) is 11.0. The summed E-state index contributed by atoms with van der Waals surface area (Å²) in [6.07, 6.45) is 3.58. The van der Waals surface area contributed by atoms with E-state index in [-0.39, 0.29) is 0 Å². The molecule has 0 heterocycles. The van der Waals surface area contributed by atoms with Crippen molar-refractivity contribution in [2.75, 3.05) is 0 Å². The molecule has 1 aliphatic rings. The molecule has 0 aliphatic heterocycles. The SMILES string of the molecule is C[C@@H](N)[C@H](NC(=O)c1ccc(C#CC2CCC2)cc1)C(=O)NO. The standard InChI is InChI=1S/C17H21N3O3/c1-11(18)15(17(22)20-23)19-16(21)14-9-7-13(8-10-14)6-5-12-3-2-4-12/h7-12,15,23H,2-4,18H2,1H3,(H,19,21)(H,20,22)/t11-,15+/m1/s1. The monoisotopic (exact) mass is 315 g/mol. The fourth-order valence-corrected chi connectivity index (χ4v) is 2.17. The van der Waals surface area contributed by atoms with Crippen molar-refractivity contribution in [3.8, 4) is 11.8 Å². The molecule has 1 fully saturated rings. The van der Waals surface area contributed by atoms with Gasteiger partial charge in [0.15, 0.2) is 0 Å². The third-order valence-corrected chi connectivity index (χ3v) is 3.88. The Balaban J connectivity index is 2.01. The number of nitrogens with two attached hydrogens (primary N) is 1. The number of nitrogens with one attached hydrogen (secondary N) is 2. The van der Waals surface area contributed by atoms with E-state index in [1.807, 2.05) is 0 Å². The molecule has 2 rings (SSSR count). The van der Waals surface area contributed by atoms with Crippen LogP contribution < -0.4 is 16.5 Å². The van der Waals surface area contributed by atoms with Gasteiger partial charge in [0, 0.05) is 23.1 Å².